The van der Waals surface area contributed by atoms with Gasteiger partial charge in [-0.25, -0.2) is 0 Å². The van der Waals surface area contributed by atoms with Crippen molar-refractivity contribution in [2.24, 2.45) is 0 Å². The van der Waals surface area contributed by atoms with E-state index in [4.69, 9.17) is 0 Å². The summed E-state index contributed by atoms with van der Waals surface area (Å²) >= 11 is 0.896. The van der Waals surface area contributed by atoms with Gasteiger partial charge < -0.3 is 5.32 Å². The molecule has 0 saturated heterocycles. The van der Waals surface area contributed by atoms with Crippen LogP contribution in [0.1, 0.15) is 27.8 Å². The van der Waals surface area contributed by atoms with Crippen molar-refractivity contribution in [2.75, 3.05) is 5.32 Å². The molecule has 0 aliphatic heterocycles. The molecule has 1 aromatic heterocycles. The van der Waals surface area contributed by atoms with Gasteiger partial charge in [-0.1, -0.05) is 18.2 Å². The number of hydrogen-bond donors (Lipinski definition) is 1. The Morgan fingerprint density at radius 1 is 1.18 bits per heavy atom. The van der Waals surface area contributed by atoms with Crippen molar-refractivity contribution >= 4 is 29.2 Å². The van der Waals surface area contributed by atoms with E-state index in [2.05, 4.69) is 14.1 Å². The SMILES string of the molecule is CC(=O)c1nsnc1NC(=O)c1ccccc1. The number of hydrogen-bond acceptors (Lipinski definition) is 5. The van der Waals surface area contributed by atoms with Crippen LogP contribution in [0.3, 0.4) is 0 Å². The van der Waals surface area contributed by atoms with E-state index in [0.717, 1.165) is 11.7 Å². The predicted molar refractivity (Wildman–Crippen MR) is 64.3 cm³/mol. The fourth-order valence-electron chi connectivity index (χ4n) is 1.27. The van der Waals surface area contributed by atoms with E-state index in [-0.39, 0.29) is 23.2 Å². The van der Waals surface area contributed by atoms with E-state index in [0.29, 0.717) is 5.56 Å². The molecule has 1 N–H and O–H groups in total. The molecule has 86 valence electrons. The maximum Gasteiger partial charge on any atom is 0.256 e. The van der Waals surface area contributed by atoms with E-state index < -0.39 is 0 Å². The van der Waals surface area contributed by atoms with Gasteiger partial charge in [0.15, 0.2) is 17.3 Å². The molecule has 0 fully saturated rings. The molecule has 1 amide bonds. The van der Waals surface area contributed by atoms with Crippen LogP contribution in [0.4, 0.5) is 5.82 Å². The highest BCUT2D eigenvalue weighted by Gasteiger charge is 2.15. The van der Waals surface area contributed by atoms with Crippen molar-refractivity contribution < 1.29 is 9.59 Å². The Morgan fingerprint density at radius 2 is 1.88 bits per heavy atom. The summed E-state index contributed by atoms with van der Waals surface area (Å²) in [6.45, 7) is 1.38. The third-order valence-corrected chi connectivity index (χ3v) is 2.62. The van der Waals surface area contributed by atoms with E-state index >= 15 is 0 Å². The van der Waals surface area contributed by atoms with Gasteiger partial charge in [-0.2, -0.15) is 8.75 Å². The van der Waals surface area contributed by atoms with Crippen molar-refractivity contribution in [2.45, 2.75) is 6.92 Å². The molecule has 1 heterocycles. The summed E-state index contributed by atoms with van der Waals surface area (Å²) in [4.78, 5) is 23.0. The lowest BCUT2D eigenvalue weighted by Gasteiger charge is -2.02. The lowest BCUT2D eigenvalue weighted by molar-refractivity contribution is 0.101. The molecule has 0 bridgehead atoms. The van der Waals surface area contributed by atoms with Crippen molar-refractivity contribution in [3.63, 3.8) is 0 Å². The molecule has 0 aliphatic rings. The van der Waals surface area contributed by atoms with E-state index in [9.17, 15) is 9.59 Å². The fourth-order valence-corrected chi connectivity index (χ4v) is 1.82. The zero-order chi connectivity index (χ0) is 12.3. The first-order valence-electron chi connectivity index (χ1n) is 4.88. The van der Waals surface area contributed by atoms with Gasteiger partial charge in [0.2, 0.25) is 0 Å². The molecule has 17 heavy (non-hydrogen) atoms. The quantitative estimate of drug-likeness (QED) is 0.842. The highest BCUT2D eigenvalue weighted by molar-refractivity contribution is 6.99. The van der Waals surface area contributed by atoms with Gasteiger partial charge in [0.1, 0.15) is 0 Å². The lowest BCUT2D eigenvalue weighted by atomic mass is 10.2. The van der Waals surface area contributed by atoms with E-state index in [1.54, 1.807) is 24.3 Å². The van der Waals surface area contributed by atoms with Crippen molar-refractivity contribution in [1.29, 1.82) is 0 Å². The number of nitrogens with one attached hydrogen (secondary N) is 1. The molecule has 0 spiro atoms. The summed E-state index contributed by atoms with van der Waals surface area (Å²) in [7, 11) is 0. The first-order valence-corrected chi connectivity index (χ1v) is 5.61. The van der Waals surface area contributed by atoms with Crippen LogP contribution in [0.25, 0.3) is 0 Å². The number of benzene rings is 1. The first kappa shape index (κ1) is 11.4. The summed E-state index contributed by atoms with van der Waals surface area (Å²) in [5.41, 5.74) is 0.703. The average Bonchev–Trinajstić information content (AvgIpc) is 2.78. The van der Waals surface area contributed by atoms with Crippen LogP contribution < -0.4 is 5.32 Å². The molecule has 2 aromatic rings. The number of Topliss-reactive ketones (excluding diaryl/α,β-unsaturated/α-hetero) is 1. The summed E-state index contributed by atoms with van der Waals surface area (Å²) < 4.78 is 7.71. The number of carbonyl (C=O) groups excluding carboxylic acids is 2. The van der Waals surface area contributed by atoms with Crippen LogP contribution >= 0.6 is 11.7 Å². The van der Waals surface area contributed by atoms with Crippen LogP contribution in [0.5, 0.6) is 0 Å². The second-order valence-electron chi connectivity index (χ2n) is 3.34. The standard InChI is InChI=1S/C11H9N3O2S/c1-7(15)9-10(14-17-13-9)12-11(16)8-5-3-2-4-6-8/h2-6H,1H3,(H,12,14,16). The smallest absolute Gasteiger partial charge is 0.256 e. The molecule has 1 aromatic carbocycles. The van der Waals surface area contributed by atoms with Crippen molar-refractivity contribution in [3.05, 3.63) is 41.6 Å². The fraction of sp³-hybridized carbons (Fsp3) is 0.0909. The topological polar surface area (TPSA) is 72.0 Å². The van der Waals surface area contributed by atoms with Gasteiger partial charge in [0.25, 0.3) is 5.91 Å². The number of anilines is 1. The normalized spacial score (nSPS) is 9.94. The van der Waals surface area contributed by atoms with E-state index in [1.807, 2.05) is 6.07 Å². The van der Waals surface area contributed by atoms with Crippen LogP contribution in [0.15, 0.2) is 30.3 Å². The Hall–Kier alpha value is -2.08. The highest BCUT2D eigenvalue weighted by Crippen LogP contribution is 2.14. The molecular formula is C11H9N3O2S. The first-order chi connectivity index (χ1) is 8.18. The minimum absolute atomic E-state index is 0.194. The number of amides is 1. The van der Waals surface area contributed by atoms with Crippen LogP contribution in [0.2, 0.25) is 0 Å². The van der Waals surface area contributed by atoms with Gasteiger partial charge >= 0.3 is 0 Å². The monoisotopic (exact) mass is 247 g/mol. The molecular weight excluding hydrogens is 238 g/mol. The Kier molecular flexibility index (Phi) is 3.24. The van der Waals surface area contributed by atoms with Crippen molar-refractivity contribution in [1.82, 2.24) is 8.75 Å². The Morgan fingerprint density at radius 3 is 2.53 bits per heavy atom. The minimum atomic E-state index is -0.305. The van der Waals surface area contributed by atoms with Gasteiger partial charge in [0, 0.05) is 12.5 Å². The molecule has 0 saturated carbocycles. The highest BCUT2D eigenvalue weighted by atomic mass is 32.1. The zero-order valence-corrected chi connectivity index (χ0v) is 9.82. The molecule has 0 aliphatic carbocycles. The van der Waals surface area contributed by atoms with Gasteiger partial charge in [-0.05, 0) is 12.1 Å². The summed E-state index contributed by atoms with van der Waals surface area (Å²) in [5.74, 6) is -0.306. The molecule has 5 nitrogen and oxygen atoms in total. The van der Waals surface area contributed by atoms with Crippen LogP contribution in [-0.4, -0.2) is 20.4 Å². The number of rotatable bonds is 3. The second-order valence-corrected chi connectivity index (χ2v) is 3.87. The number of ketones is 1. The van der Waals surface area contributed by atoms with Gasteiger partial charge in [0.05, 0.1) is 11.7 Å². The van der Waals surface area contributed by atoms with Gasteiger partial charge in [-0.15, -0.1) is 0 Å². The largest absolute Gasteiger partial charge is 0.304 e. The number of nitrogens with zero attached hydrogens (tertiary/aromatic N) is 2. The Labute approximate surface area is 102 Å². The summed E-state index contributed by atoms with van der Waals surface area (Å²) in [5, 5.41) is 2.57. The lowest BCUT2D eigenvalue weighted by Crippen LogP contribution is -2.14. The Balaban J connectivity index is 2.19. The van der Waals surface area contributed by atoms with Gasteiger partial charge in [-0.3, -0.25) is 9.59 Å². The predicted octanol–water partition coefficient (Wildman–Crippen LogP) is 1.99. The molecule has 0 atom stereocenters. The number of aromatic nitrogens is 2. The maximum atomic E-state index is 11.8. The second kappa shape index (κ2) is 4.84. The number of carbonyl (C=O) groups is 2. The van der Waals surface area contributed by atoms with Crippen molar-refractivity contribution in [3.8, 4) is 0 Å². The van der Waals surface area contributed by atoms with Crippen LogP contribution in [0, 0.1) is 0 Å². The minimum Gasteiger partial charge on any atom is -0.304 e. The Bertz CT molecular complexity index is 551. The molecule has 0 radical (unpaired) electrons. The zero-order valence-electron chi connectivity index (χ0n) is 9.01. The van der Waals surface area contributed by atoms with E-state index in [1.165, 1.54) is 6.92 Å². The molecule has 6 heteroatoms. The van der Waals surface area contributed by atoms with Crippen LogP contribution in [-0.2, 0) is 0 Å². The third kappa shape index (κ3) is 2.54. The summed E-state index contributed by atoms with van der Waals surface area (Å²) in [6.07, 6.45) is 0. The maximum absolute atomic E-state index is 11.8. The molecule has 0 unspecified atom stereocenters. The third-order valence-electron chi connectivity index (χ3n) is 2.09. The average molecular weight is 247 g/mol. The molecule has 2 rings (SSSR count). The summed E-state index contributed by atoms with van der Waals surface area (Å²) in [6, 6.07) is 8.72.